The first kappa shape index (κ1) is 22.5. The topological polar surface area (TPSA) is 100 Å². The number of methoxy groups -OCH3 is 1. The summed E-state index contributed by atoms with van der Waals surface area (Å²) in [6.45, 7) is 5.97. The van der Waals surface area contributed by atoms with Crippen LogP contribution in [0.2, 0.25) is 5.02 Å². The molecule has 2 aromatic carbocycles. The van der Waals surface area contributed by atoms with E-state index in [1.807, 2.05) is 6.92 Å². The van der Waals surface area contributed by atoms with Gasteiger partial charge in [-0.1, -0.05) is 18.2 Å². The smallest absolute Gasteiger partial charge is 0.363 e. The first-order valence-corrected chi connectivity index (χ1v) is 9.98. The lowest BCUT2D eigenvalue weighted by molar-refractivity contribution is -0.384. The van der Waals surface area contributed by atoms with Crippen molar-refractivity contribution in [2.24, 2.45) is 4.99 Å². The van der Waals surface area contributed by atoms with Crippen molar-refractivity contribution in [2.45, 2.75) is 6.92 Å². The molecule has 31 heavy (non-hydrogen) atoms. The lowest BCUT2D eigenvalue weighted by atomic mass is 10.1. The average Bonchev–Trinajstić information content (AvgIpc) is 3.06. The summed E-state index contributed by atoms with van der Waals surface area (Å²) in [7, 11) is 1.50. The van der Waals surface area contributed by atoms with Gasteiger partial charge in [-0.25, -0.2) is 9.79 Å². The van der Waals surface area contributed by atoms with E-state index in [1.54, 1.807) is 12.1 Å². The van der Waals surface area contributed by atoms with Gasteiger partial charge in [0, 0.05) is 12.1 Å². The van der Waals surface area contributed by atoms with Crippen LogP contribution < -0.4 is 9.47 Å². The van der Waals surface area contributed by atoms with E-state index in [9.17, 15) is 14.9 Å². The molecule has 1 aliphatic rings. The number of rotatable bonds is 7. The molecule has 0 fully saturated rings. The number of aliphatic imine (C=N–C) groups is 1. The third kappa shape index (κ3) is 5.12. The zero-order valence-electron chi connectivity index (χ0n) is 16.5. The van der Waals surface area contributed by atoms with Crippen molar-refractivity contribution < 1.29 is 23.9 Å². The highest BCUT2D eigenvalue weighted by molar-refractivity contribution is 9.10. The van der Waals surface area contributed by atoms with Gasteiger partial charge in [-0.2, -0.15) is 0 Å². The van der Waals surface area contributed by atoms with E-state index in [0.29, 0.717) is 28.1 Å². The second-order valence-corrected chi connectivity index (χ2v) is 7.80. The van der Waals surface area contributed by atoms with Crippen LogP contribution in [0.1, 0.15) is 18.1 Å². The Labute approximate surface area is 191 Å². The van der Waals surface area contributed by atoms with Crippen LogP contribution in [0.15, 0.2) is 57.6 Å². The largest absolute Gasteiger partial charge is 0.493 e. The molecule has 0 unspecified atom stereocenters. The van der Waals surface area contributed by atoms with Gasteiger partial charge in [0.1, 0.15) is 6.61 Å². The van der Waals surface area contributed by atoms with Gasteiger partial charge in [-0.05, 0) is 58.3 Å². The summed E-state index contributed by atoms with van der Waals surface area (Å²) >= 11 is 9.54. The fourth-order valence-corrected chi connectivity index (χ4v) is 3.46. The number of hydrogen-bond donors (Lipinski definition) is 0. The zero-order chi connectivity index (χ0) is 22.7. The minimum Gasteiger partial charge on any atom is -0.493 e. The van der Waals surface area contributed by atoms with Crippen LogP contribution >= 0.6 is 27.5 Å². The summed E-state index contributed by atoms with van der Waals surface area (Å²) in [5.74, 6) is 0.241. The molecule has 0 radical (unpaired) electrons. The molecule has 0 amide bonds. The highest BCUT2D eigenvalue weighted by Crippen LogP contribution is 2.38. The number of carbonyl (C=O) groups excluding carboxylic acids is 1. The Morgan fingerprint density at radius 3 is 2.74 bits per heavy atom. The second-order valence-electron chi connectivity index (χ2n) is 6.54. The number of ether oxygens (including phenoxy) is 3. The molecule has 1 heterocycles. The predicted octanol–water partition coefficient (Wildman–Crippen LogP) is 5.32. The molecule has 0 N–H and O–H groups in total. The van der Waals surface area contributed by atoms with Crippen LogP contribution in [0.5, 0.6) is 11.5 Å². The molecule has 0 saturated heterocycles. The van der Waals surface area contributed by atoms with E-state index in [-0.39, 0.29) is 27.9 Å². The number of nitro groups is 1. The van der Waals surface area contributed by atoms with E-state index >= 15 is 0 Å². The van der Waals surface area contributed by atoms with Gasteiger partial charge in [0.2, 0.25) is 5.90 Å². The Balaban J connectivity index is 1.94. The molecular formula is C21H16BrClN2O6. The van der Waals surface area contributed by atoms with Crippen LogP contribution in [0.4, 0.5) is 5.69 Å². The van der Waals surface area contributed by atoms with Crippen LogP contribution in [0.25, 0.3) is 6.08 Å². The lowest BCUT2D eigenvalue weighted by Gasteiger charge is -2.13. The summed E-state index contributed by atoms with van der Waals surface area (Å²) < 4.78 is 16.9. The number of cyclic esters (lactones) is 1. The Bertz CT molecular complexity index is 1160. The summed E-state index contributed by atoms with van der Waals surface area (Å²) in [6.07, 6.45) is 1.52. The Hall–Kier alpha value is -3.17. The lowest BCUT2D eigenvalue weighted by Crippen LogP contribution is -2.06. The van der Waals surface area contributed by atoms with Gasteiger partial charge in [-0.3, -0.25) is 10.1 Å². The van der Waals surface area contributed by atoms with Crippen LogP contribution in [-0.2, 0) is 9.53 Å². The van der Waals surface area contributed by atoms with Gasteiger partial charge in [-0.15, -0.1) is 0 Å². The van der Waals surface area contributed by atoms with Crippen LogP contribution in [-0.4, -0.2) is 30.5 Å². The van der Waals surface area contributed by atoms with E-state index in [1.165, 1.54) is 31.4 Å². The molecule has 0 aromatic heterocycles. The number of halogens is 2. The molecule has 0 spiro atoms. The van der Waals surface area contributed by atoms with E-state index < -0.39 is 10.9 Å². The number of nitro benzene ring substituents is 1. The van der Waals surface area contributed by atoms with E-state index in [0.717, 1.165) is 5.57 Å². The average molecular weight is 508 g/mol. The molecular weight excluding hydrogens is 492 g/mol. The summed E-state index contributed by atoms with van der Waals surface area (Å²) in [5.41, 5.74) is 1.58. The SMILES string of the molecule is C=C(C)COc1c(Br)cc(/C=C2\N=C(c3ccc([N+](=O)[O-])cc3Cl)OC2=O)cc1OC. The standard InChI is InChI=1S/C21H16BrClN2O6/c1-11(2)10-30-19-15(22)6-12(8-18(19)29-3)7-17-21(26)31-20(24-17)14-5-4-13(25(27)28)9-16(14)23/h4-9H,1,10H2,2-3H3/b17-7-. The fourth-order valence-electron chi connectivity index (χ4n) is 2.63. The number of carbonyl (C=O) groups is 1. The maximum Gasteiger partial charge on any atom is 0.363 e. The predicted molar refractivity (Wildman–Crippen MR) is 120 cm³/mol. The highest BCUT2D eigenvalue weighted by atomic mass is 79.9. The maximum absolute atomic E-state index is 12.3. The fraction of sp³-hybridized carbons (Fsp3) is 0.143. The quantitative estimate of drug-likeness (QED) is 0.165. The summed E-state index contributed by atoms with van der Waals surface area (Å²) in [5, 5.41) is 10.9. The number of esters is 1. The monoisotopic (exact) mass is 506 g/mol. The van der Waals surface area contributed by atoms with Crippen LogP contribution in [0, 0.1) is 10.1 Å². The molecule has 0 aliphatic carbocycles. The van der Waals surface area contributed by atoms with Crippen molar-refractivity contribution in [3.63, 3.8) is 0 Å². The number of non-ortho nitro benzene ring substituents is 1. The molecule has 10 heteroatoms. The van der Waals surface area contributed by atoms with Crippen LogP contribution in [0.3, 0.4) is 0 Å². The maximum atomic E-state index is 12.3. The molecule has 3 rings (SSSR count). The first-order chi connectivity index (χ1) is 14.7. The summed E-state index contributed by atoms with van der Waals surface area (Å²) in [4.78, 5) is 26.8. The molecule has 8 nitrogen and oxygen atoms in total. The second kappa shape index (κ2) is 9.32. The van der Waals surface area contributed by atoms with E-state index in [2.05, 4.69) is 27.5 Å². The van der Waals surface area contributed by atoms with Gasteiger partial charge in [0.15, 0.2) is 17.2 Å². The Morgan fingerprint density at radius 2 is 2.13 bits per heavy atom. The minimum atomic E-state index is -0.679. The van der Waals surface area contributed by atoms with Gasteiger partial charge < -0.3 is 14.2 Å². The molecule has 2 aromatic rings. The number of nitrogens with zero attached hydrogens (tertiary/aromatic N) is 2. The molecule has 0 bridgehead atoms. The van der Waals surface area contributed by atoms with Crippen molar-refractivity contribution in [2.75, 3.05) is 13.7 Å². The van der Waals surface area contributed by atoms with Gasteiger partial charge in [0.25, 0.3) is 5.69 Å². The van der Waals surface area contributed by atoms with Gasteiger partial charge in [0.05, 0.1) is 27.1 Å². The molecule has 0 saturated carbocycles. The summed E-state index contributed by atoms with van der Waals surface area (Å²) in [6, 6.07) is 7.22. The Kier molecular flexibility index (Phi) is 6.77. The van der Waals surface area contributed by atoms with Gasteiger partial charge >= 0.3 is 5.97 Å². The number of hydrogen-bond acceptors (Lipinski definition) is 7. The van der Waals surface area contributed by atoms with Crippen molar-refractivity contribution in [1.29, 1.82) is 0 Å². The molecule has 0 atom stereocenters. The third-order valence-electron chi connectivity index (χ3n) is 4.03. The third-order valence-corrected chi connectivity index (χ3v) is 4.93. The normalized spacial score (nSPS) is 14.3. The zero-order valence-corrected chi connectivity index (χ0v) is 18.8. The minimum absolute atomic E-state index is 0.0361. The Morgan fingerprint density at radius 1 is 1.39 bits per heavy atom. The highest BCUT2D eigenvalue weighted by Gasteiger charge is 2.27. The molecule has 1 aliphatic heterocycles. The van der Waals surface area contributed by atoms with Crippen molar-refractivity contribution in [3.05, 3.63) is 78.9 Å². The first-order valence-electron chi connectivity index (χ1n) is 8.81. The van der Waals surface area contributed by atoms with Crippen molar-refractivity contribution >= 4 is 51.2 Å². The van der Waals surface area contributed by atoms with Crippen molar-refractivity contribution in [3.8, 4) is 11.5 Å². The van der Waals surface area contributed by atoms with Crippen molar-refractivity contribution in [1.82, 2.24) is 0 Å². The number of benzene rings is 2. The molecule has 160 valence electrons. The van der Waals surface area contributed by atoms with E-state index in [4.69, 9.17) is 25.8 Å².